The third-order valence-electron chi connectivity index (χ3n) is 2.15. The van der Waals surface area contributed by atoms with Gasteiger partial charge in [-0.15, -0.1) is 0 Å². The van der Waals surface area contributed by atoms with Crippen molar-refractivity contribution in [3.8, 4) is 6.07 Å². The van der Waals surface area contributed by atoms with E-state index in [0.29, 0.717) is 18.9 Å². The zero-order chi connectivity index (χ0) is 12.0. The van der Waals surface area contributed by atoms with Crippen molar-refractivity contribution in [1.29, 1.82) is 5.26 Å². The van der Waals surface area contributed by atoms with Gasteiger partial charge < -0.3 is 4.90 Å². The van der Waals surface area contributed by atoms with Crippen LogP contribution >= 0.6 is 0 Å². The molecule has 0 N–H and O–H groups in total. The largest absolute Gasteiger partial charge is 0.370 e. The van der Waals surface area contributed by atoms with E-state index in [4.69, 9.17) is 5.26 Å². The first-order chi connectivity index (χ1) is 7.63. The van der Waals surface area contributed by atoms with Crippen LogP contribution in [-0.2, 0) is 0 Å². The second kappa shape index (κ2) is 6.06. The average molecular weight is 221 g/mol. The third kappa shape index (κ3) is 3.85. The molecule has 4 heteroatoms. The van der Waals surface area contributed by atoms with Gasteiger partial charge in [-0.25, -0.2) is 4.98 Å². The summed E-state index contributed by atoms with van der Waals surface area (Å²) < 4.78 is 13.0. The first-order valence-corrected chi connectivity index (χ1v) is 5.37. The van der Waals surface area contributed by atoms with Crippen LogP contribution in [0.3, 0.4) is 0 Å². The number of nitriles is 1. The monoisotopic (exact) mass is 221 g/mol. The molecule has 0 aliphatic heterocycles. The van der Waals surface area contributed by atoms with Crippen LogP contribution in [0.5, 0.6) is 0 Å². The molecule has 0 radical (unpaired) electrons. The van der Waals surface area contributed by atoms with Crippen LogP contribution in [0.15, 0.2) is 18.3 Å². The van der Waals surface area contributed by atoms with Gasteiger partial charge in [-0.3, -0.25) is 0 Å². The molecule has 0 unspecified atom stereocenters. The molecule has 3 nitrogen and oxygen atoms in total. The number of halogens is 1. The predicted molar refractivity (Wildman–Crippen MR) is 61.5 cm³/mol. The minimum Gasteiger partial charge on any atom is -0.370 e. The number of pyridine rings is 1. The lowest BCUT2D eigenvalue weighted by molar-refractivity contribution is 0.577. The van der Waals surface area contributed by atoms with Gasteiger partial charge in [0.1, 0.15) is 0 Å². The maximum absolute atomic E-state index is 13.0. The summed E-state index contributed by atoms with van der Waals surface area (Å²) >= 11 is 0. The highest BCUT2D eigenvalue weighted by Crippen LogP contribution is 2.16. The SMILES string of the molecule is CC(C)CN(CCC#N)c1ccnc(F)c1. The third-order valence-corrected chi connectivity index (χ3v) is 2.15. The first kappa shape index (κ1) is 12.4. The summed E-state index contributed by atoms with van der Waals surface area (Å²) in [6.45, 7) is 5.62. The normalized spacial score (nSPS) is 10.2. The molecule has 1 rings (SSSR count). The highest BCUT2D eigenvalue weighted by Gasteiger charge is 2.09. The molecule has 86 valence electrons. The molecule has 16 heavy (non-hydrogen) atoms. The van der Waals surface area contributed by atoms with Crippen molar-refractivity contribution in [3.05, 3.63) is 24.3 Å². The molecule has 0 spiro atoms. The van der Waals surface area contributed by atoms with E-state index >= 15 is 0 Å². The molecule has 1 aromatic heterocycles. The van der Waals surface area contributed by atoms with Crippen LogP contribution in [0.2, 0.25) is 0 Å². The predicted octanol–water partition coefficient (Wildman–Crippen LogP) is 2.60. The first-order valence-electron chi connectivity index (χ1n) is 5.37. The minimum atomic E-state index is -0.483. The fourth-order valence-electron chi connectivity index (χ4n) is 1.54. The van der Waals surface area contributed by atoms with Crippen LogP contribution in [0, 0.1) is 23.2 Å². The molecule has 1 aromatic rings. The lowest BCUT2D eigenvalue weighted by Gasteiger charge is -2.25. The molecule has 0 atom stereocenters. The van der Waals surface area contributed by atoms with Gasteiger partial charge in [0.2, 0.25) is 5.95 Å². The molecular formula is C12H16FN3. The summed E-state index contributed by atoms with van der Waals surface area (Å²) in [7, 11) is 0. The van der Waals surface area contributed by atoms with Gasteiger partial charge in [0, 0.05) is 31.0 Å². The molecule has 1 heterocycles. The summed E-state index contributed by atoms with van der Waals surface area (Å²) in [5, 5.41) is 8.59. The molecule has 0 saturated heterocycles. The quantitative estimate of drug-likeness (QED) is 0.717. The molecule has 0 aromatic carbocycles. The Hall–Kier alpha value is -1.63. The maximum atomic E-state index is 13.0. The molecule has 0 bridgehead atoms. The van der Waals surface area contributed by atoms with Crippen molar-refractivity contribution < 1.29 is 4.39 Å². The van der Waals surface area contributed by atoms with Gasteiger partial charge >= 0.3 is 0 Å². The van der Waals surface area contributed by atoms with Crippen LogP contribution in [0.4, 0.5) is 10.1 Å². The zero-order valence-electron chi connectivity index (χ0n) is 9.65. The second-order valence-corrected chi connectivity index (χ2v) is 4.08. The number of anilines is 1. The molecule has 0 aliphatic rings. The van der Waals surface area contributed by atoms with Crippen molar-refractivity contribution in [2.45, 2.75) is 20.3 Å². The van der Waals surface area contributed by atoms with Gasteiger partial charge in [0.05, 0.1) is 12.5 Å². The van der Waals surface area contributed by atoms with E-state index in [1.165, 1.54) is 12.3 Å². The van der Waals surface area contributed by atoms with E-state index in [1.807, 2.05) is 4.90 Å². The Balaban J connectivity index is 2.79. The van der Waals surface area contributed by atoms with Crippen LogP contribution in [0.1, 0.15) is 20.3 Å². The molecule has 0 aliphatic carbocycles. The summed E-state index contributed by atoms with van der Waals surface area (Å²) in [6.07, 6.45) is 1.89. The Morgan fingerprint density at radius 2 is 2.31 bits per heavy atom. The van der Waals surface area contributed by atoms with E-state index in [1.54, 1.807) is 6.07 Å². The van der Waals surface area contributed by atoms with E-state index in [0.717, 1.165) is 12.2 Å². The summed E-state index contributed by atoms with van der Waals surface area (Å²) in [5.41, 5.74) is 0.788. The number of hydrogen-bond donors (Lipinski definition) is 0. The molecule has 0 saturated carbocycles. The molecule has 0 amide bonds. The van der Waals surface area contributed by atoms with Crippen LogP contribution in [0.25, 0.3) is 0 Å². The Morgan fingerprint density at radius 3 is 2.88 bits per heavy atom. The number of rotatable bonds is 5. The fraction of sp³-hybridized carbons (Fsp3) is 0.500. The standard InChI is InChI=1S/C12H16FN3/c1-10(2)9-16(7-3-5-14)11-4-6-15-12(13)8-11/h4,6,8,10H,3,7,9H2,1-2H3. The smallest absolute Gasteiger partial charge is 0.214 e. The van der Waals surface area contributed by atoms with Crippen molar-refractivity contribution >= 4 is 5.69 Å². The van der Waals surface area contributed by atoms with E-state index < -0.39 is 5.95 Å². The number of aromatic nitrogens is 1. The van der Waals surface area contributed by atoms with Crippen molar-refractivity contribution in [2.24, 2.45) is 5.92 Å². The summed E-state index contributed by atoms with van der Waals surface area (Å²) in [6, 6.07) is 5.27. The molecule has 0 fully saturated rings. The lowest BCUT2D eigenvalue weighted by Crippen LogP contribution is -2.28. The van der Waals surface area contributed by atoms with Gasteiger partial charge in [-0.1, -0.05) is 13.8 Å². The zero-order valence-corrected chi connectivity index (χ0v) is 9.65. The van der Waals surface area contributed by atoms with Gasteiger partial charge in [-0.2, -0.15) is 9.65 Å². The van der Waals surface area contributed by atoms with Crippen molar-refractivity contribution in [2.75, 3.05) is 18.0 Å². The maximum Gasteiger partial charge on any atom is 0.214 e. The van der Waals surface area contributed by atoms with E-state index in [-0.39, 0.29) is 0 Å². The topological polar surface area (TPSA) is 39.9 Å². The number of nitrogens with zero attached hydrogens (tertiary/aromatic N) is 3. The van der Waals surface area contributed by atoms with Crippen molar-refractivity contribution in [1.82, 2.24) is 4.98 Å². The van der Waals surface area contributed by atoms with Gasteiger partial charge in [0.15, 0.2) is 0 Å². The van der Waals surface area contributed by atoms with E-state index in [9.17, 15) is 4.39 Å². The Kier molecular flexibility index (Phi) is 4.71. The number of hydrogen-bond acceptors (Lipinski definition) is 3. The molecular weight excluding hydrogens is 205 g/mol. The lowest BCUT2D eigenvalue weighted by atomic mass is 10.2. The fourth-order valence-corrected chi connectivity index (χ4v) is 1.54. The van der Waals surface area contributed by atoms with Crippen LogP contribution in [-0.4, -0.2) is 18.1 Å². The highest BCUT2D eigenvalue weighted by molar-refractivity contribution is 5.45. The minimum absolute atomic E-state index is 0.441. The van der Waals surface area contributed by atoms with Crippen LogP contribution < -0.4 is 4.90 Å². The Bertz CT molecular complexity index is 371. The van der Waals surface area contributed by atoms with Gasteiger partial charge in [-0.05, 0) is 12.0 Å². The summed E-state index contributed by atoms with van der Waals surface area (Å²) in [4.78, 5) is 5.54. The Labute approximate surface area is 95.5 Å². The van der Waals surface area contributed by atoms with Gasteiger partial charge in [0.25, 0.3) is 0 Å². The van der Waals surface area contributed by atoms with Crippen molar-refractivity contribution in [3.63, 3.8) is 0 Å². The van der Waals surface area contributed by atoms with E-state index in [2.05, 4.69) is 24.9 Å². The Morgan fingerprint density at radius 1 is 1.56 bits per heavy atom. The highest BCUT2D eigenvalue weighted by atomic mass is 19.1. The average Bonchev–Trinajstić information content (AvgIpc) is 2.23. The second-order valence-electron chi connectivity index (χ2n) is 4.08. The summed E-state index contributed by atoms with van der Waals surface area (Å²) in [5.74, 6) is -0.0156.